The lowest BCUT2D eigenvalue weighted by atomic mass is 9.79. The molecule has 228 valence electrons. The van der Waals surface area contributed by atoms with Crippen molar-refractivity contribution in [2.75, 3.05) is 4.90 Å². The van der Waals surface area contributed by atoms with Gasteiger partial charge in [-0.2, -0.15) is 0 Å². The third kappa shape index (κ3) is 4.54. The molecular formula is C47H35N. The second-order valence-corrected chi connectivity index (χ2v) is 13.4. The molecule has 0 atom stereocenters. The first-order valence-electron chi connectivity index (χ1n) is 16.8. The van der Waals surface area contributed by atoms with Crippen molar-refractivity contribution in [3.63, 3.8) is 0 Å². The first-order chi connectivity index (χ1) is 23.6. The van der Waals surface area contributed by atoms with Crippen LogP contribution in [0.2, 0.25) is 0 Å². The molecule has 0 radical (unpaired) electrons. The molecule has 0 bridgehead atoms. The minimum absolute atomic E-state index is 0.202. The highest BCUT2D eigenvalue weighted by Gasteiger charge is 2.40. The number of anilines is 3. The summed E-state index contributed by atoms with van der Waals surface area (Å²) in [6, 6.07) is 64.4. The fourth-order valence-corrected chi connectivity index (χ4v) is 7.85. The Morgan fingerprint density at radius 3 is 1.77 bits per heavy atom. The van der Waals surface area contributed by atoms with E-state index in [1.54, 1.807) is 0 Å². The van der Waals surface area contributed by atoms with Crippen LogP contribution in [-0.4, -0.2) is 0 Å². The Labute approximate surface area is 282 Å². The molecule has 0 saturated carbocycles. The van der Waals surface area contributed by atoms with Crippen LogP contribution in [0.4, 0.5) is 17.1 Å². The molecule has 8 aromatic rings. The van der Waals surface area contributed by atoms with E-state index in [2.05, 4.69) is 195 Å². The summed E-state index contributed by atoms with van der Waals surface area (Å²) in [6.07, 6.45) is 0. The molecule has 0 heterocycles. The Balaban J connectivity index is 1.35. The molecule has 1 heteroatoms. The summed E-state index contributed by atoms with van der Waals surface area (Å²) >= 11 is 0. The Kier molecular flexibility index (Phi) is 6.55. The average Bonchev–Trinajstić information content (AvgIpc) is 3.39. The average molecular weight is 614 g/mol. The third-order valence-corrected chi connectivity index (χ3v) is 10.2. The van der Waals surface area contributed by atoms with Crippen LogP contribution in [-0.2, 0) is 5.41 Å². The van der Waals surface area contributed by atoms with Gasteiger partial charge in [-0.15, -0.1) is 0 Å². The van der Waals surface area contributed by atoms with Crippen molar-refractivity contribution in [2.24, 2.45) is 0 Å². The smallest absolute Gasteiger partial charge is 0.0549 e. The highest BCUT2D eigenvalue weighted by atomic mass is 15.1. The predicted octanol–water partition coefficient (Wildman–Crippen LogP) is 13.1. The van der Waals surface area contributed by atoms with Crippen molar-refractivity contribution in [3.8, 4) is 33.4 Å². The van der Waals surface area contributed by atoms with Crippen molar-refractivity contribution in [1.82, 2.24) is 0 Å². The summed E-state index contributed by atoms with van der Waals surface area (Å²) in [5.74, 6) is 0. The van der Waals surface area contributed by atoms with Gasteiger partial charge in [0.25, 0.3) is 0 Å². The third-order valence-electron chi connectivity index (χ3n) is 10.2. The minimum atomic E-state index is -0.202. The molecule has 1 aliphatic rings. The number of nitrogens with zero attached hydrogens (tertiary/aromatic N) is 1. The van der Waals surface area contributed by atoms with Gasteiger partial charge in [0.05, 0.1) is 5.69 Å². The van der Waals surface area contributed by atoms with Crippen molar-refractivity contribution < 1.29 is 0 Å². The van der Waals surface area contributed by atoms with Gasteiger partial charge in [0.15, 0.2) is 0 Å². The van der Waals surface area contributed by atoms with Crippen LogP contribution in [0, 0.1) is 0 Å². The highest BCUT2D eigenvalue weighted by molar-refractivity contribution is 6.06. The summed E-state index contributed by atoms with van der Waals surface area (Å²) in [5.41, 5.74) is 13.6. The van der Waals surface area contributed by atoms with E-state index in [4.69, 9.17) is 0 Å². The lowest BCUT2D eigenvalue weighted by Crippen LogP contribution is -2.17. The Hall–Kier alpha value is -5.92. The molecule has 0 aromatic heterocycles. The molecule has 0 fully saturated rings. The Morgan fingerprint density at radius 1 is 0.417 bits per heavy atom. The molecule has 8 aromatic carbocycles. The first kappa shape index (κ1) is 28.3. The van der Waals surface area contributed by atoms with Crippen LogP contribution < -0.4 is 4.90 Å². The van der Waals surface area contributed by atoms with E-state index in [-0.39, 0.29) is 5.41 Å². The van der Waals surface area contributed by atoms with Crippen LogP contribution in [0.1, 0.15) is 25.0 Å². The molecule has 48 heavy (non-hydrogen) atoms. The highest BCUT2D eigenvalue weighted by Crippen LogP contribution is 2.57. The van der Waals surface area contributed by atoms with Crippen LogP contribution in [0.5, 0.6) is 0 Å². The SMILES string of the molecule is CC1(C)c2cc(-c3ccccc3)ccc2-c2c(N(c3cccc(-c4ccccc4)c3)c3ccc4ccccc4c3)cc3ccccc3c21. The van der Waals surface area contributed by atoms with Crippen LogP contribution in [0.15, 0.2) is 176 Å². The number of hydrogen-bond acceptors (Lipinski definition) is 1. The predicted molar refractivity (Wildman–Crippen MR) is 205 cm³/mol. The van der Waals surface area contributed by atoms with Gasteiger partial charge in [-0.1, -0.05) is 153 Å². The lowest BCUT2D eigenvalue weighted by molar-refractivity contribution is 0.666. The standard InChI is InChI=1S/C47H35N/c1-47(2)43-30-37(33-16-7-4-8-17-33)25-27-42(43)45-44(31-38-20-11-12-23-41(38)46(45)47)48(40-26-24-34-18-9-10-19-35(34)29-40)39-22-13-21-36(28-39)32-14-5-3-6-15-32/h3-31H,1-2H3. The summed E-state index contributed by atoms with van der Waals surface area (Å²) < 4.78 is 0. The van der Waals surface area contributed by atoms with Gasteiger partial charge in [-0.25, -0.2) is 0 Å². The molecule has 1 aliphatic carbocycles. The molecule has 0 N–H and O–H groups in total. The van der Waals surface area contributed by atoms with Crippen LogP contribution in [0.25, 0.3) is 54.9 Å². The number of rotatable bonds is 5. The van der Waals surface area contributed by atoms with E-state index in [0.717, 1.165) is 11.4 Å². The van der Waals surface area contributed by atoms with Gasteiger partial charge in [-0.05, 0) is 96.9 Å². The second-order valence-electron chi connectivity index (χ2n) is 13.4. The number of hydrogen-bond donors (Lipinski definition) is 0. The Bertz CT molecular complexity index is 2470. The Morgan fingerprint density at radius 2 is 1.02 bits per heavy atom. The zero-order chi connectivity index (χ0) is 32.2. The molecule has 0 spiro atoms. The zero-order valence-electron chi connectivity index (χ0n) is 27.2. The molecule has 0 aliphatic heterocycles. The van der Waals surface area contributed by atoms with Crippen molar-refractivity contribution in [1.29, 1.82) is 0 Å². The molecule has 0 saturated heterocycles. The van der Waals surface area contributed by atoms with Gasteiger partial charge in [0, 0.05) is 22.4 Å². The van der Waals surface area contributed by atoms with E-state index < -0.39 is 0 Å². The molecule has 0 unspecified atom stereocenters. The maximum atomic E-state index is 2.49. The fourth-order valence-electron chi connectivity index (χ4n) is 7.85. The van der Waals surface area contributed by atoms with Gasteiger partial charge < -0.3 is 4.90 Å². The van der Waals surface area contributed by atoms with E-state index in [1.165, 1.54) is 71.7 Å². The largest absolute Gasteiger partial charge is 0.310 e. The molecule has 0 amide bonds. The zero-order valence-corrected chi connectivity index (χ0v) is 27.2. The van der Waals surface area contributed by atoms with Gasteiger partial charge in [0.1, 0.15) is 0 Å². The monoisotopic (exact) mass is 613 g/mol. The van der Waals surface area contributed by atoms with Gasteiger partial charge in [0.2, 0.25) is 0 Å². The van der Waals surface area contributed by atoms with E-state index in [1.807, 2.05) is 0 Å². The second kappa shape index (κ2) is 11.1. The summed E-state index contributed by atoms with van der Waals surface area (Å²) in [7, 11) is 0. The van der Waals surface area contributed by atoms with E-state index in [9.17, 15) is 0 Å². The van der Waals surface area contributed by atoms with Gasteiger partial charge >= 0.3 is 0 Å². The maximum Gasteiger partial charge on any atom is 0.0549 e. The first-order valence-corrected chi connectivity index (χ1v) is 16.8. The molecule has 1 nitrogen and oxygen atoms in total. The lowest BCUT2D eigenvalue weighted by Gasteiger charge is -2.30. The van der Waals surface area contributed by atoms with Crippen molar-refractivity contribution in [2.45, 2.75) is 19.3 Å². The van der Waals surface area contributed by atoms with Crippen molar-refractivity contribution in [3.05, 3.63) is 187 Å². The van der Waals surface area contributed by atoms with Gasteiger partial charge in [-0.3, -0.25) is 0 Å². The molecule has 9 rings (SSSR count). The maximum absolute atomic E-state index is 2.49. The van der Waals surface area contributed by atoms with Crippen LogP contribution in [0.3, 0.4) is 0 Å². The topological polar surface area (TPSA) is 3.24 Å². The number of benzene rings is 8. The summed E-state index contributed by atoms with van der Waals surface area (Å²) in [6.45, 7) is 4.80. The summed E-state index contributed by atoms with van der Waals surface area (Å²) in [4.78, 5) is 2.49. The van der Waals surface area contributed by atoms with Crippen LogP contribution >= 0.6 is 0 Å². The van der Waals surface area contributed by atoms with E-state index in [0.29, 0.717) is 0 Å². The normalized spacial score (nSPS) is 13.0. The number of fused-ring (bicyclic) bond motifs is 6. The minimum Gasteiger partial charge on any atom is -0.310 e. The fraction of sp³-hybridized carbons (Fsp3) is 0.0638. The quantitative estimate of drug-likeness (QED) is 0.187. The van der Waals surface area contributed by atoms with Crippen molar-refractivity contribution >= 4 is 38.6 Å². The molecular weight excluding hydrogens is 579 g/mol. The summed E-state index contributed by atoms with van der Waals surface area (Å²) in [5, 5.41) is 5.03. The van der Waals surface area contributed by atoms with E-state index >= 15 is 0 Å².